The van der Waals surface area contributed by atoms with Gasteiger partial charge in [0.2, 0.25) is 0 Å². The Morgan fingerprint density at radius 3 is 2.41 bits per heavy atom. The van der Waals surface area contributed by atoms with Gasteiger partial charge in [0.25, 0.3) is 0 Å². The molecule has 0 radical (unpaired) electrons. The Morgan fingerprint density at radius 2 is 1.70 bits per heavy atom. The topological polar surface area (TPSA) is 16.1 Å². The summed E-state index contributed by atoms with van der Waals surface area (Å²) >= 11 is 0. The van der Waals surface area contributed by atoms with Crippen molar-refractivity contribution in [2.75, 3.05) is 13.1 Å². The fourth-order valence-corrected chi connectivity index (χ4v) is 4.95. The SMILES string of the molecule is CC(C)C1=Cc2ccccc2C(C2CCN(C(C)C)CC2)c2ncccc21. The zero-order chi connectivity index (χ0) is 19.0. The maximum Gasteiger partial charge on any atom is 0.0556 e. The van der Waals surface area contributed by atoms with E-state index in [2.05, 4.69) is 75.1 Å². The number of aromatic nitrogens is 1. The molecule has 1 aliphatic carbocycles. The third kappa shape index (κ3) is 3.48. The summed E-state index contributed by atoms with van der Waals surface area (Å²) in [6, 6.07) is 14.0. The summed E-state index contributed by atoms with van der Waals surface area (Å²) in [6.45, 7) is 11.6. The van der Waals surface area contributed by atoms with E-state index in [4.69, 9.17) is 4.98 Å². The minimum Gasteiger partial charge on any atom is -0.301 e. The molecule has 1 aliphatic heterocycles. The second kappa shape index (κ2) is 7.59. The minimum atomic E-state index is 0.402. The van der Waals surface area contributed by atoms with E-state index in [1.807, 2.05) is 6.20 Å². The number of pyridine rings is 1. The molecule has 0 saturated carbocycles. The summed E-state index contributed by atoms with van der Waals surface area (Å²) in [5, 5.41) is 0. The molecule has 1 aromatic carbocycles. The Hall–Kier alpha value is -1.93. The van der Waals surface area contributed by atoms with Crippen molar-refractivity contribution in [2.24, 2.45) is 11.8 Å². The number of fused-ring (bicyclic) bond motifs is 2. The third-order valence-corrected chi connectivity index (χ3v) is 6.48. The van der Waals surface area contributed by atoms with Crippen molar-refractivity contribution < 1.29 is 0 Å². The summed E-state index contributed by atoms with van der Waals surface area (Å²) in [5.41, 5.74) is 6.93. The molecule has 0 N–H and O–H groups in total. The average molecular weight is 361 g/mol. The number of hydrogen-bond acceptors (Lipinski definition) is 2. The summed E-state index contributed by atoms with van der Waals surface area (Å²) in [7, 11) is 0. The van der Waals surface area contributed by atoms with Gasteiger partial charge in [0.15, 0.2) is 0 Å². The molecule has 1 fully saturated rings. The number of allylic oxidation sites excluding steroid dienone is 1. The summed E-state index contributed by atoms with van der Waals surface area (Å²) < 4.78 is 0. The van der Waals surface area contributed by atoms with Crippen molar-refractivity contribution in [1.82, 2.24) is 9.88 Å². The van der Waals surface area contributed by atoms with Crippen LogP contribution in [0.4, 0.5) is 0 Å². The largest absolute Gasteiger partial charge is 0.301 e. The van der Waals surface area contributed by atoms with E-state index in [9.17, 15) is 0 Å². The number of rotatable bonds is 3. The van der Waals surface area contributed by atoms with Gasteiger partial charge in [-0.2, -0.15) is 0 Å². The number of piperidine rings is 1. The number of benzene rings is 1. The molecular formula is C25H32N2. The molecule has 1 aromatic heterocycles. The molecular weight excluding hydrogens is 328 g/mol. The number of hydrogen-bond donors (Lipinski definition) is 0. The Labute approximate surface area is 164 Å². The van der Waals surface area contributed by atoms with Crippen LogP contribution in [0.25, 0.3) is 11.6 Å². The Kier molecular flexibility index (Phi) is 5.19. The van der Waals surface area contributed by atoms with Crippen LogP contribution in [0.15, 0.2) is 42.6 Å². The zero-order valence-electron chi connectivity index (χ0n) is 17.2. The number of nitrogens with zero attached hydrogens (tertiary/aromatic N) is 2. The summed E-state index contributed by atoms with van der Waals surface area (Å²) in [5.74, 6) is 1.55. The second-order valence-corrected chi connectivity index (χ2v) is 8.76. The quantitative estimate of drug-likeness (QED) is 0.683. The van der Waals surface area contributed by atoms with E-state index in [1.165, 1.54) is 53.9 Å². The fraction of sp³-hybridized carbons (Fsp3) is 0.480. The van der Waals surface area contributed by atoms with Crippen LogP contribution in [-0.4, -0.2) is 29.0 Å². The van der Waals surface area contributed by atoms with E-state index in [1.54, 1.807) is 0 Å². The van der Waals surface area contributed by atoms with Crippen LogP contribution in [0.3, 0.4) is 0 Å². The van der Waals surface area contributed by atoms with Gasteiger partial charge in [-0.15, -0.1) is 0 Å². The maximum absolute atomic E-state index is 4.97. The zero-order valence-corrected chi connectivity index (χ0v) is 17.2. The van der Waals surface area contributed by atoms with Crippen molar-refractivity contribution >= 4 is 11.6 Å². The van der Waals surface area contributed by atoms with Crippen LogP contribution in [0.1, 0.15) is 68.8 Å². The number of likely N-dealkylation sites (tertiary alicyclic amines) is 1. The lowest BCUT2D eigenvalue weighted by atomic mass is 9.76. The van der Waals surface area contributed by atoms with E-state index < -0.39 is 0 Å². The predicted molar refractivity (Wildman–Crippen MR) is 115 cm³/mol. The van der Waals surface area contributed by atoms with Crippen LogP contribution >= 0.6 is 0 Å². The van der Waals surface area contributed by atoms with Crippen LogP contribution in [-0.2, 0) is 0 Å². The van der Waals surface area contributed by atoms with E-state index in [0.717, 1.165) is 0 Å². The first-order chi connectivity index (χ1) is 13.1. The van der Waals surface area contributed by atoms with Gasteiger partial charge in [0, 0.05) is 23.7 Å². The van der Waals surface area contributed by atoms with Crippen LogP contribution in [0.2, 0.25) is 0 Å². The predicted octanol–water partition coefficient (Wildman–Crippen LogP) is 5.84. The molecule has 27 heavy (non-hydrogen) atoms. The molecule has 0 bridgehead atoms. The van der Waals surface area contributed by atoms with Crippen LogP contribution in [0, 0.1) is 11.8 Å². The van der Waals surface area contributed by atoms with E-state index >= 15 is 0 Å². The molecule has 2 heteroatoms. The molecule has 2 aromatic rings. The maximum atomic E-state index is 4.97. The molecule has 2 nitrogen and oxygen atoms in total. The van der Waals surface area contributed by atoms with Crippen molar-refractivity contribution in [3.63, 3.8) is 0 Å². The van der Waals surface area contributed by atoms with Gasteiger partial charge in [-0.05, 0) is 74.4 Å². The molecule has 1 atom stereocenters. The lowest BCUT2D eigenvalue weighted by Gasteiger charge is -2.38. The molecule has 2 aliphatic rings. The monoisotopic (exact) mass is 360 g/mol. The molecule has 2 heterocycles. The molecule has 142 valence electrons. The van der Waals surface area contributed by atoms with Crippen molar-refractivity contribution in [2.45, 2.75) is 52.5 Å². The molecule has 0 spiro atoms. The lowest BCUT2D eigenvalue weighted by molar-refractivity contribution is 0.142. The first-order valence-corrected chi connectivity index (χ1v) is 10.6. The van der Waals surface area contributed by atoms with E-state index in [0.29, 0.717) is 23.8 Å². The van der Waals surface area contributed by atoms with Gasteiger partial charge in [0.1, 0.15) is 0 Å². The van der Waals surface area contributed by atoms with Crippen molar-refractivity contribution in [3.05, 3.63) is 65.0 Å². The van der Waals surface area contributed by atoms with Gasteiger partial charge in [-0.1, -0.05) is 50.3 Å². The third-order valence-electron chi connectivity index (χ3n) is 6.48. The minimum absolute atomic E-state index is 0.402. The van der Waals surface area contributed by atoms with Gasteiger partial charge in [-0.25, -0.2) is 0 Å². The Morgan fingerprint density at radius 1 is 0.963 bits per heavy atom. The average Bonchev–Trinajstić information content (AvgIpc) is 2.82. The second-order valence-electron chi connectivity index (χ2n) is 8.76. The highest BCUT2D eigenvalue weighted by Gasteiger charge is 2.34. The molecule has 1 unspecified atom stereocenters. The van der Waals surface area contributed by atoms with Gasteiger partial charge in [0.05, 0.1) is 5.69 Å². The molecule has 0 amide bonds. The van der Waals surface area contributed by atoms with Gasteiger partial charge < -0.3 is 4.90 Å². The highest BCUT2D eigenvalue weighted by atomic mass is 15.1. The first-order valence-electron chi connectivity index (χ1n) is 10.6. The van der Waals surface area contributed by atoms with Crippen LogP contribution in [0.5, 0.6) is 0 Å². The summed E-state index contributed by atoms with van der Waals surface area (Å²) in [4.78, 5) is 7.59. The standard InChI is InChI=1S/C25H32N2/c1-17(2)23-16-20-8-5-6-9-21(20)24(25-22(23)10-7-13-26-25)19-11-14-27(15-12-19)18(3)4/h5-10,13,16-19,24H,11-12,14-15H2,1-4H3. The van der Waals surface area contributed by atoms with E-state index in [-0.39, 0.29) is 0 Å². The van der Waals surface area contributed by atoms with Crippen molar-refractivity contribution in [3.8, 4) is 0 Å². The highest BCUT2D eigenvalue weighted by molar-refractivity contribution is 5.86. The smallest absolute Gasteiger partial charge is 0.0556 e. The normalized spacial score (nSPS) is 21.0. The Bertz CT molecular complexity index is 826. The Balaban J connectivity index is 1.80. The van der Waals surface area contributed by atoms with Crippen molar-refractivity contribution in [1.29, 1.82) is 0 Å². The van der Waals surface area contributed by atoms with Crippen LogP contribution < -0.4 is 0 Å². The van der Waals surface area contributed by atoms with Gasteiger partial charge >= 0.3 is 0 Å². The first kappa shape index (κ1) is 18.4. The lowest BCUT2D eigenvalue weighted by Crippen LogP contribution is -2.40. The molecule has 4 rings (SSSR count). The van der Waals surface area contributed by atoms with Gasteiger partial charge in [-0.3, -0.25) is 4.98 Å². The summed E-state index contributed by atoms with van der Waals surface area (Å²) in [6.07, 6.45) is 6.92. The fourth-order valence-electron chi connectivity index (χ4n) is 4.95. The highest BCUT2D eigenvalue weighted by Crippen LogP contribution is 2.45. The molecule has 1 saturated heterocycles.